The molecule has 0 aromatic heterocycles. The van der Waals surface area contributed by atoms with Crippen LogP contribution in [0.4, 0.5) is 13.2 Å². The number of allylic oxidation sites excluding steroid dienone is 2. The van der Waals surface area contributed by atoms with E-state index in [9.17, 15) is 18.0 Å². The van der Waals surface area contributed by atoms with Crippen molar-refractivity contribution in [2.24, 2.45) is 23.2 Å². The maximum Gasteiger partial charge on any atom is 0.412 e. The second kappa shape index (κ2) is 9.60. The zero-order valence-corrected chi connectivity index (χ0v) is 20.6. The SMILES string of the molecule is C[C@]12CC[C@@H]3c4ccc(OCc5ccccc5)cc4CC[C@H]3[C@@H]1C(CCCC(=O)O)C=C2C(F)(F)F. The molecule has 3 aliphatic carbocycles. The van der Waals surface area contributed by atoms with Crippen LogP contribution in [0.1, 0.15) is 68.1 Å². The van der Waals surface area contributed by atoms with Crippen LogP contribution in [0.5, 0.6) is 5.75 Å². The Morgan fingerprint density at radius 2 is 1.92 bits per heavy atom. The highest BCUT2D eigenvalue weighted by atomic mass is 19.4. The summed E-state index contributed by atoms with van der Waals surface area (Å²) in [6, 6.07) is 16.2. The standard InChI is InChI=1S/C30H33F3O3/c1-29-15-14-24-23-13-11-22(36-18-19-6-3-2-4-7-19)16-20(23)10-12-25(24)28(29)21(8-5-9-27(34)35)17-26(29)30(31,32)33/h2-4,6-7,11,13,16-17,21,24-25,28H,5,8-10,12,14-15,18H2,1H3,(H,34,35)/t21?,24-,25-,28+,29-/m1/s1. The Morgan fingerprint density at radius 1 is 1.14 bits per heavy atom. The number of alkyl halides is 3. The largest absolute Gasteiger partial charge is 0.489 e. The minimum Gasteiger partial charge on any atom is -0.489 e. The highest BCUT2D eigenvalue weighted by Crippen LogP contribution is 2.65. The fraction of sp³-hybridized carbons (Fsp3) is 0.500. The zero-order chi connectivity index (χ0) is 25.5. The fourth-order valence-electron chi connectivity index (χ4n) is 7.42. The number of aryl methyl sites for hydroxylation is 1. The highest BCUT2D eigenvalue weighted by Gasteiger charge is 2.60. The molecule has 0 heterocycles. The summed E-state index contributed by atoms with van der Waals surface area (Å²) in [5.41, 5.74) is 2.32. The van der Waals surface area contributed by atoms with Gasteiger partial charge in [0, 0.05) is 17.4 Å². The third-order valence-corrected chi connectivity index (χ3v) is 8.89. The van der Waals surface area contributed by atoms with Crippen LogP contribution < -0.4 is 4.74 Å². The Bertz CT molecular complexity index is 1140. The van der Waals surface area contributed by atoms with Gasteiger partial charge >= 0.3 is 12.1 Å². The van der Waals surface area contributed by atoms with Crippen molar-refractivity contribution < 1.29 is 27.8 Å². The minimum absolute atomic E-state index is 0.00217. The molecule has 1 fully saturated rings. The van der Waals surface area contributed by atoms with E-state index in [0.717, 1.165) is 30.6 Å². The number of ether oxygens (including phenoxy) is 1. The van der Waals surface area contributed by atoms with E-state index >= 15 is 0 Å². The molecular weight excluding hydrogens is 465 g/mol. The fourth-order valence-corrected chi connectivity index (χ4v) is 7.42. The monoisotopic (exact) mass is 498 g/mol. The molecule has 1 N–H and O–H groups in total. The van der Waals surface area contributed by atoms with Gasteiger partial charge in [-0.2, -0.15) is 13.2 Å². The van der Waals surface area contributed by atoms with Crippen LogP contribution in [-0.4, -0.2) is 17.3 Å². The number of aliphatic carboxylic acids is 1. The second-order valence-electron chi connectivity index (χ2n) is 11.0. The Hall–Kier alpha value is -2.76. The van der Waals surface area contributed by atoms with E-state index in [-0.39, 0.29) is 35.7 Å². The van der Waals surface area contributed by atoms with Crippen LogP contribution in [0.2, 0.25) is 0 Å². The lowest BCUT2D eigenvalue weighted by atomic mass is 9.52. The number of fused-ring (bicyclic) bond motifs is 5. The summed E-state index contributed by atoms with van der Waals surface area (Å²) in [5, 5.41) is 9.07. The number of hydrogen-bond acceptors (Lipinski definition) is 2. The van der Waals surface area contributed by atoms with Crippen molar-refractivity contribution in [1.29, 1.82) is 0 Å². The summed E-state index contributed by atoms with van der Waals surface area (Å²) < 4.78 is 48.4. The first-order chi connectivity index (χ1) is 17.2. The van der Waals surface area contributed by atoms with Crippen molar-refractivity contribution in [1.82, 2.24) is 0 Å². The normalized spacial score (nSPS) is 29.1. The molecule has 5 atom stereocenters. The Labute approximate surface area is 210 Å². The van der Waals surface area contributed by atoms with Crippen LogP contribution in [0.3, 0.4) is 0 Å². The molecule has 1 unspecified atom stereocenters. The molecule has 192 valence electrons. The molecular formula is C30H33F3O3. The average molecular weight is 499 g/mol. The first kappa shape index (κ1) is 24.9. The Balaban J connectivity index is 1.37. The molecule has 1 saturated carbocycles. The molecule has 3 aliphatic rings. The van der Waals surface area contributed by atoms with Gasteiger partial charge in [-0.3, -0.25) is 4.79 Å². The Morgan fingerprint density at radius 3 is 2.64 bits per heavy atom. The lowest BCUT2D eigenvalue weighted by Gasteiger charge is -2.52. The van der Waals surface area contributed by atoms with Gasteiger partial charge in [0.2, 0.25) is 0 Å². The maximum absolute atomic E-state index is 14.1. The lowest BCUT2D eigenvalue weighted by molar-refractivity contribution is -0.137. The molecule has 36 heavy (non-hydrogen) atoms. The first-order valence-corrected chi connectivity index (χ1v) is 13.0. The number of carboxylic acid groups (broad SMARTS) is 1. The van der Waals surface area contributed by atoms with Gasteiger partial charge < -0.3 is 9.84 Å². The molecule has 3 nitrogen and oxygen atoms in total. The lowest BCUT2D eigenvalue weighted by Crippen LogP contribution is -2.45. The summed E-state index contributed by atoms with van der Waals surface area (Å²) in [4.78, 5) is 11.1. The minimum atomic E-state index is -4.35. The van der Waals surface area contributed by atoms with Gasteiger partial charge in [-0.05, 0) is 91.0 Å². The van der Waals surface area contributed by atoms with Gasteiger partial charge in [0.05, 0.1) is 0 Å². The van der Waals surface area contributed by atoms with E-state index in [1.807, 2.05) is 36.4 Å². The summed E-state index contributed by atoms with van der Waals surface area (Å²) in [6.07, 6.45) is 0.944. The van der Waals surface area contributed by atoms with Crippen molar-refractivity contribution in [3.05, 3.63) is 76.9 Å². The smallest absolute Gasteiger partial charge is 0.412 e. The summed E-state index contributed by atoms with van der Waals surface area (Å²) in [7, 11) is 0. The number of benzene rings is 2. The van der Waals surface area contributed by atoms with E-state index in [2.05, 4.69) is 12.1 Å². The van der Waals surface area contributed by atoms with Gasteiger partial charge in [0.25, 0.3) is 0 Å². The van der Waals surface area contributed by atoms with Gasteiger partial charge in [0.1, 0.15) is 12.4 Å². The maximum atomic E-state index is 14.1. The van der Waals surface area contributed by atoms with E-state index < -0.39 is 17.6 Å². The molecule has 0 bridgehead atoms. The summed E-state index contributed by atoms with van der Waals surface area (Å²) >= 11 is 0. The van der Waals surface area contributed by atoms with E-state index in [1.165, 1.54) is 17.2 Å². The first-order valence-electron chi connectivity index (χ1n) is 13.0. The van der Waals surface area contributed by atoms with Gasteiger partial charge in [-0.25, -0.2) is 0 Å². The van der Waals surface area contributed by atoms with E-state index in [0.29, 0.717) is 25.9 Å². The van der Waals surface area contributed by atoms with Crippen molar-refractivity contribution in [3.63, 3.8) is 0 Å². The zero-order valence-electron chi connectivity index (χ0n) is 20.6. The molecule has 2 aromatic carbocycles. The number of hydrogen-bond donors (Lipinski definition) is 1. The molecule has 0 saturated heterocycles. The average Bonchev–Trinajstić information content (AvgIpc) is 3.16. The van der Waals surface area contributed by atoms with Crippen molar-refractivity contribution in [2.45, 2.75) is 70.6 Å². The number of halogens is 3. The molecule has 0 amide bonds. The predicted octanol–water partition coefficient (Wildman–Crippen LogP) is 7.70. The van der Waals surface area contributed by atoms with Gasteiger partial charge in [0.15, 0.2) is 0 Å². The number of rotatable bonds is 7. The van der Waals surface area contributed by atoms with Crippen LogP contribution in [0.25, 0.3) is 0 Å². The van der Waals surface area contributed by atoms with Crippen molar-refractivity contribution >= 4 is 5.97 Å². The number of carbonyl (C=O) groups is 1. The quantitative estimate of drug-likeness (QED) is 0.398. The molecule has 5 rings (SSSR count). The highest BCUT2D eigenvalue weighted by molar-refractivity contribution is 5.66. The van der Waals surface area contributed by atoms with Gasteiger partial charge in [-0.15, -0.1) is 0 Å². The topological polar surface area (TPSA) is 46.5 Å². The summed E-state index contributed by atoms with van der Waals surface area (Å²) in [6.45, 7) is 2.30. The van der Waals surface area contributed by atoms with Crippen molar-refractivity contribution in [2.75, 3.05) is 0 Å². The van der Waals surface area contributed by atoms with Crippen LogP contribution in [0.15, 0.2) is 60.2 Å². The number of carboxylic acids is 1. The van der Waals surface area contributed by atoms with E-state index in [1.54, 1.807) is 6.92 Å². The molecule has 6 heteroatoms. The van der Waals surface area contributed by atoms with E-state index in [4.69, 9.17) is 9.84 Å². The predicted molar refractivity (Wildman–Crippen MR) is 132 cm³/mol. The second-order valence-corrected chi connectivity index (χ2v) is 11.0. The summed E-state index contributed by atoms with van der Waals surface area (Å²) in [5.74, 6) is -0.00632. The molecule has 0 aliphatic heterocycles. The van der Waals surface area contributed by atoms with Gasteiger partial charge in [-0.1, -0.05) is 49.4 Å². The molecule has 2 aromatic rings. The van der Waals surface area contributed by atoms with Crippen LogP contribution in [0, 0.1) is 23.2 Å². The molecule has 0 spiro atoms. The van der Waals surface area contributed by atoms with Crippen molar-refractivity contribution in [3.8, 4) is 5.75 Å². The van der Waals surface area contributed by atoms with Crippen LogP contribution >= 0.6 is 0 Å². The Kier molecular flexibility index (Phi) is 6.65. The third kappa shape index (κ3) is 4.67. The van der Waals surface area contributed by atoms with Crippen LogP contribution in [-0.2, 0) is 17.8 Å². The molecule has 0 radical (unpaired) electrons. The third-order valence-electron chi connectivity index (χ3n) is 8.89.